The molecule has 3 aromatic rings. The summed E-state index contributed by atoms with van der Waals surface area (Å²) < 4.78 is 21.1. The molecule has 184 valence electrons. The molecule has 36 heavy (non-hydrogen) atoms. The number of nitrogens with zero attached hydrogens (tertiary/aromatic N) is 2. The Balaban J connectivity index is 1.88. The molecule has 1 saturated heterocycles. The van der Waals surface area contributed by atoms with Crippen LogP contribution in [0.1, 0.15) is 5.56 Å². The number of hydrogen-bond acceptors (Lipinski definition) is 7. The van der Waals surface area contributed by atoms with Crippen LogP contribution in [0.25, 0.3) is 6.08 Å². The van der Waals surface area contributed by atoms with Gasteiger partial charge >= 0.3 is 6.03 Å². The summed E-state index contributed by atoms with van der Waals surface area (Å²) in [7, 11) is 5.95. The summed E-state index contributed by atoms with van der Waals surface area (Å²) >= 11 is 0. The van der Waals surface area contributed by atoms with Crippen LogP contribution in [0.3, 0.4) is 0 Å². The number of ether oxygens (including phenoxy) is 4. The monoisotopic (exact) mass is 488 g/mol. The minimum Gasteiger partial charge on any atom is -0.497 e. The number of carbonyl (C=O) groups is 3. The Labute approximate surface area is 208 Å². The molecule has 4 rings (SSSR count). The second kappa shape index (κ2) is 10.2. The van der Waals surface area contributed by atoms with Crippen molar-refractivity contribution in [1.82, 2.24) is 0 Å². The zero-order valence-electron chi connectivity index (χ0n) is 20.2. The average Bonchev–Trinajstić information content (AvgIpc) is 2.91. The van der Waals surface area contributed by atoms with Crippen LogP contribution in [0, 0.1) is 0 Å². The van der Waals surface area contributed by atoms with Crippen LogP contribution in [0.4, 0.5) is 16.2 Å². The van der Waals surface area contributed by atoms with Crippen molar-refractivity contribution in [3.05, 3.63) is 77.9 Å². The molecule has 0 bridgehead atoms. The molecule has 0 spiro atoms. The predicted octanol–water partition coefficient (Wildman–Crippen LogP) is 4.30. The van der Waals surface area contributed by atoms with E-state index in [0.717, 1.165) is 9.80 Å². The molecule has 0 N–H and O–H groups in total. The van der Waals surface area contributed by atoms with E-state index >= 15 is 0 Å². The number of carbonyl (C=O) groups excluding carboxylic acids is 3. The molecular weight excluding hydrogens is 464 g/mol. The number of imide groups is 2. The lowest BCUT2D eigenvalue weighted by molar-refractivity contribution is -0.121. The maximum absolute atomic E-state index is 13.6. The quantitative estimate of drug-likeness (QED) is 0.361. The fourth-order valence-electron chi connectivity index (χ4n) is 3.79. The van der Waals surface area contributed by atoms with Gasteiger partial charge in [0, 0.05) is 12.1 Å². The average molecular weight is 488 g/mol. The number of rotatable bonds is 7. The van der Waals surface area contributed by atoms with E-state index in [1.807, 2.05) is 0 Å². The number of benzene rings is 3. The van der Waals surface area contributed by atoms with E-state index in [9.17, 15) is 14.4 Å². The smallest absolute Gasteiger partial charge is 0.343 e. The molecule has 0 unspecified atom stereocenters. The molecule has 0 atom stereocenters. The maximum Gasteiger partial charge on any atom is 0.343 e. The van der Waals surface area contributed by atoms with Gasteiger partial charge in [-0.25, -0.2) is 14.6 Å². The number of urea groups is 1. The second-order valence-electron chi connectivity index (χ2n) is 7.64. The van der Waals surface area contributed by atoms with Crippen molar-refractivity contribution in [3.63, 3.8) is 0 Å². The van der Waals surface area contributed by atoms with E-state index in [2.05, 4.69) is 0 Å². The first kappa shape index (κ1) is 24.3. The molecule has 0 aliphatic carbocycles. The number of methoxy groups -OCH3 is 4. The highest BCUT2D eigenvalue weighted by Gasteiger charge is 2.44. The molecule has 1 aliphatic rings. The molecular formula is C27H24N2O7. The summed E-state index contributed by atoms with van der Waals surface area (Å²) in [5, 5.41) is 0. The van der Waals surface area contributed by atoms with Gasteiger partial charge in [-0.2, -0.15) is 0 Å². The first-order valence-corrected chi connectivity index (χ1v) is 10.9. The highest BCUT2D eigenvalue weighted by Crippen LogP contribution is 2.34. The fourth-order valence-corrected chi connectivity index (χ4v) is 3.79. The molecule has 1 fully saturated rings. The summed E-state index contributed by atoms with van der Waals surface area (Å²) in [5.74, 6) is 0.270. The highest BCUT2D eigenvalue weighted by atomic mass is 16.5. The lowest BCUT2D eigenvalue weighted by atomic mass is 10.0. The Morgan fingerprint density at radius 3 is 1.61 bits per heavy atom. The van der Waals surface area contributed by atoms with Crippen LogP contribution in [0.2, 0.25) is 0 Å². The number of barbiturate groups is 1. The topological polar surface area (TPSA) is 94.6 Å². The third kappa shape index (κ3) is 4.46. The van der Waals surface area contributed by atoms with Gasteiger partial charge in [0.05, 0.1) is 39.8 Å². The van der Waals surface area contributed by atoms with Crippen molar-refractivity contribution < 1.29 is 33.3 Å². The van der Waals surface area contributed by atoms with Crippen LogP contribution in [0.5, 0.6) is 23.0 Å². The van der Waals surface area contributed by atoms with Crippen molar-refractivity contribution in [1.29, 1.82) is 0 Å². The minimum atomic E-state index is -0.823. The molecule has 9 nitrogen and oxygen atoms in total. The Bertz CT molecular complexity index is 1290. The van der Waals surface area contributed by atoms with Gasteiger partial charge in [0.15, 0.2) is 11.5 Å². The van der Waals surface area contributed by atoms with Crippen LogP contribution >= 0.6 is 0 Å². The molecule has 3 aromatic carbocycles. The summed E-state index contributed by atoms with van der Waals surface area (Å²) in [5.41, 5.74) is 0.799. The molecule has 0 saturated carbocycles. The standard InChI is InChI=1S/C27H24N2O7/c1-33-20-9-5-7-18(15-20)28-25(30)22(13-17-11-12-23(35-3)24(14-17)36-4)26(31)29(27(28)32)19-8-6-10-21(16-19)34-2/h5-16H,1-4H3. The van der Waals surface area contributed by atoms with Crippen LogP contribution in [-0.4, -0.2) is 46.3 Å². The van der Waals surface area contributed by atoms with Crippen molar-refractivity contribution in [2.45, 2.75) is 0 Å². The van der Waals surface area contributed by atoms with Gasteiger partial charge in [0.1, 0.15) is 17.1 Å². The zero-order chi connectivity index (χ0) is 25.8. The lowest BCUT2D eigenvalue weighted by Crippen LogP contribution is -2.57. The van der Waals surface area contributed by atoms with E-state index in [1.165, 1.54) is 34.5 Å². The third-order valence-corrected chi connectivity index (χ3v) is 5.59. The maximum atomic E-state index is 13.6. The summed E-state index contributed by atoms with van der Waals surface area (Å²) in [4.78, 5) is 42.7. The summed E-state index contributed by atoms with van der Waals surface area (Å²) in [6.45, 7) is 0. The van der Waals surface area contributed by atoms with Gasteiger partial charge in [-0.1, -0.05) is 18.2 Å². The Hall–Kier alpha value is -4.79. The largest absolute Gasteiger partial charge is 0.497 e. The van der Waals surface area contributed by atoms with Crippen molar-refractivity contribution in [2.24, 2.45) is 0 Å². The van der Waals surface area contributed by atoms with Crippen LogP contribution in [-0.2, 0) is 9.59 Å². The minimum absolute atomic E-state index is 0.215. The van der Waals surface area contributed by atoms with Crippen molar-refractivity contribution in [2.75, 3.05) is 38.2 Å². The Kier molecular flexibility index (Phi) is 6.91. The third-order valence-electron chi connectivity index (χ3n) is 5.59. The van der Waals surface area contributed by atoms with Crippen molar-refractivity contribution in [3.8, 4) is 23.0 Å². The van der Waals surface area contributed by atoms with Gasteiger partial charge in [0.25, 0.3) is 11.8 Å². The summed E-state index contributed by atoms with van der Waals surface area (Å²) in [6.07, 6.45) is 1.42. The Morgan fingerprint density at radius 2 is 1.14 bits per heavy atom. The number of amides is 4. The molecule has 0 radical (unpaired) electrons. The Morgan fingerprint density at radius 1 is 0.611 bits per heavy atom. The van der Waals surface area contributed by atoms with E-state index in [4.69, 9.17) is 18.9 Å². The molecule has 1 heterocycles. The van der Waals surface area contributed by atoms with Gasteiger partial charge in [-0.15, -0.1) is 0 Å². The van der Waals surface area contributed by atoms with Crippen LogP contribution in [0.15, 0.2) is 72.3 Å². The van der Waals surface area contributed by atoms with Gasteiger partial charge in [-0.05, 0) is 48.0 Å². The first-order chi connectivity index (χ1) is 17.4. The lowest BCUT2D eigenvalue weighted by Gasteiger charge is -2.34. The summed E-state index contributed by atoms with van der Waals surface area (Å²) in [6, 6.07) is 17.1. The molecule has 9 heteroatoms. The first-order valence-electron chi connectivity index (χ1n) is 10.9. The van der Waals surface area contributed by atoms with Gasteiger partial charge < -0.3 is 18.9 Å². The van der Waals surface area contributed by atoms with E-state index in [0.29, 0.717) is 28.6 Å². The SMILES string of the molecule is COc1cccc(N2C(=O)C(=Cc3ccc(OC)c(OC)c3)C(=O)N(c3cccc(OC)c3)C2=O)c1. The fraction of sp³-hybridized carbons (Fsp3) is 0.148. The number of anilines is 2. The van der Waals surface area contributed by atoms with E-state index in [1.54, 1.807) is 66.7 Å². The van der Waals surface area contributed by atoms with Crippen LogP contribution < -0.4 is 28.7 Å². The van der Waals surface area contributed by atoms with E-state index in [-0.39, 0.29) is 16.9 Å². The zero-order valence-corrected chi connectivity index (χ0v) is 20.2. The number of hydrogen-bond donors (Lipinski definition) is 0. The predicted molar refractivity (Wildman–Crippen MR) is 134 cm³/mol. The second-order valence-corrected chi connectivity index (χ2v) is 7.64. The molecule has 4 amide bonds. The van der Waals surface area contributed by atoms with Gasteiger partial charge in [-0.3, -0.25) is 9.59 Å². The molecule has 1 aliphatic heterocycles. The normalized spacial score (nSPS) is 13.6. The van der Waals surface area contributed by atoms with Gasteiger partial charge in [0.2, 0.25) is 0 Å². The van der Waals surface area contributed by atoms with Crippen molar-refractivity contribution >= 4 is 35.3 Å². The highest BCUT2D eigenvalue weighted by molar-refractivity contribution is 6.46. The molecule has 0 aromatic heterocycles. The van der Waals surface area contributed by atoms with E-state index < -0.39 is 17.8 Å².